The molecular weight excluding hydrogens is 600 g/mol. The average Bonchev–Trinajstić information content (AvgIpc) is 3.13. The molecule has 0 saturated carbocycles. The van der Waals surface area contributed by atoms with Crippen LogP contribution < -0.4 is 28.9 Å². The molecule has 10 heteroatoms. The fourth-order valence-corrected chi connectivity index (χ4v) is 5.21. The predicted molar refractivity (Wildman–Crippen MR) is 179 cm³/mol. The van der Waals surface area contributed by atoms with Gasteiger partial charge in [-0.25, -0.2) is 18.3 Å². The maximum absolute atomic E-state index is 13.0. The second-order valence-electron chi connectivity index (χ2n) is 11.5. The number of carbonyl (C=O) groups excluding carboxylic acids is 2. The number of amides is 2. The Labute approximate surface area is 279 Å². The van der Waals surface area contributed by atoms with Gasteiger partial charge in [-0.15, -0.1) is 0 Å². The summed E-state index contributed by atoms with van der Waals surface area (Å²) in [5, 5.41) is 5.96. The van der Waals surface area contributed by atoms with E-state index in [0.717, 1.165) is 22.3 Å². The van der Waals surface area contributed by atoms with Gasteiger partial charge in [0.2, 0.25) is 0 Å². The van der Waals surface area contributed by atoms with Crippen molar-refractivity contribution >= 4 is 11.8 Å². The van der Waals surface area contributed by atoms with Crippen molar-refractivity contribution in [3.05, 3.63) is 146 Å². The summed E-state index contributed by atoms with van der Waals surface area (Å²) in [5.74, 6) is -0.407. The summed E-state index contributed by atoms with van der Waals surface area (Å²) < 4.78 is 8.07. The fourth-order valence-electron chi connectivity index (χ4n) is 5.21. The van der Waals surface area contributed by atoms with Crippen LogP contribution in [-0.4, -0.2) is 34.9 Å². The van der Waals surface area contributed by atoms with E-state index in [-0.39, 0.29) is 11.8 Å². The molecule has 0 aromatic carbocycles. The van der Waals surface area contributed by atoms with Gasteiger partial charge in [0.05, 0.1) is 24.5 Å². The van der Waals surface area contributed by atoms with Crippen molar-refractivity contribution in [3.63, 3.8) is 0 Å². The third kappa shape index (κ3) is 8.16. The van der Waals surface area contributed by atoms with E-state index in [1.54, 1.807) is 36.7 Å². The Morgan fingerprint density at radius 2 is 0.854 bits per heavy atom. The number of hydrogen-bond acceptors (Lipinski definition) is 4. The maximum atomic E-state index is 13.0. The molecule has 0 spiro atoms. The van der Waals surface area contributed by atoms with Gasteiger partial charge in [-0.1, -0.05) is 0 Å². The number of aryl methyl sites for hydroxylation is 2. The Balaban J connectivity index is 0.998. The van der Waals surface area contributed by atoms with Crippen LogP contribution >= 0.6 is 0 Å². The van der Waals surface area contributed by atoms with Crippen LogP contribution in [0.5, 0.6) is 0 Å². The van der Waals surface area contributed by atoms with Gasteiger partial charge in [-0.05, 0) is 46.5 Å². The average molecular weight is 639 g/mol. The first kappa shape index (κ1) is 31.8. The van der Waals surface area contributed by atoms with Crippen LogP contribution in [0.25, 0.3) is 33.6 Å². The largest absolute Gasteiger partial charge is 0.346 e. The molecule has 0 aliphatic rings. The Morgan fingerprint density at radius 3 is 1.21 bits per heavy atom. The summed E-state index contributed by atoms with van der Waals surface area (Å²) in [6, 6.07) is 23.3. The molecule has 2 N–H and O–H groups in total. The molecule has 0 saturated heterocycles. The monoisotopic (exact) mass is 638 g/mol. The van der Waals surface area contributed by atoms with Crippen LogP contribution in [0, 0.1) is 0 Å². The van der Waals surface area contributed by atoms with Crippen LogP contribution in [0.1, 0.15) is 20.7 Å². The highest BCUT2D eigenvalue weighted by Crippen LogP contribution is 2.18. The van der Waals surface area contributed by atoms with Crippen molar-refractivity contribution in [3.8, 4) is 33.6 Å². The summed E-state index contributed by atoms with van der Waals surface area (Å²) in [4.78, 5) is 34.7. The van der Waals surface area contributed by atoms with Gasteiger partial charge in [0.1, 0.15) is 14.1 Å². The summed E-state index contributed by atoms with van der Waals surface area (Å²) in [6.45, 7) is 2.18. The predicted octanol–water partition coefficient (Wildman–Crippen LogP) is 2.56. The van der Waals surface area contributed by atoms with Crippen LogP contribution in [0.4, 0.5) is 0 Å². The van der Waals surface area contributed by atoms with Crippen molar-refractivity contribution in [1.82, 2.24) is 20.6 Å². The van der Waals surface area contributed by atoms with E-state index in [0.29, 0.717) is 48.7 Å². The molecule has 238 valence electrons. The lowest BCUT2D eigenvalue weighted by Crippen LogP contribution is -2.40. The van der Waals surface area contributed by atoms with E-state index in [4.69, 9.17) is 0 Å². The Kier molecular flexibility index (Phi) is 9.91. The minimum Gasteiger partial charge on any atom is -0.346 e. The molecule has 0 radical (unpaired) electrons. The summed E-state index contributed by atoms with van der Waals surface area (Å²) in [7, 11) is 3.99. The Bertz CT molecular complexity index is 1860. The van der Waals surface area contributed by atoms with Crippen LogP contribution in [0.2, 0.25) is 0 Å². The number of hydrogen-bond donors (Lipinski definition) is 2. The van der Waals surface area contributed by atoms with Gasteiger partial charge < -0.3 is 10.6 Å². The molecule has 0 bridgehead atoms. The lowest BCUT2D eigenvalue weighted by Gasteiger charge is -2.07. The van der Waals surface area contributed by atoms with Gasteiger partial charge in [-0.3, -0.25) is 19.6 Å². The molecule has 6 rings (SSSR count). The number of pyridine rings is 6. The van der Waals surface area contributed by atoms with Crippen molar-refractivity contribution in [1.29, 1.82) is 0 Å². The number of aromatic nitrogens is 6. The van der Waals surface area contributed by atoms with Crippen molar-refractivity contribution in [2.45, 2.75) is 13.1 Å². The topological polar surface area (TPSA) is 99.5 Å². The lowest BCUT2D eigenvalue weighted by atomic mass is 10.1. The van der Waals surface area contributed by atoms with E-state index in [1.165, 1.54) is 0 Å². The Morgan fingerprint density at radius 1 is 0.521 bits per heavy atom. The number of nitrogens with zero attached hydrogens (tertiary/aromatic N) is 6. The number of carbonyl (C=O) groups is 2. The number of rotatable bonds is 11. The van der Waals surface area contributed by atoms with Crippen LogP contribution in [-0.2, 0) is 27.2 Å². The molecule has 2 amide bonds. The molecule has 0 aliphatic heterocycles. The lowest BCUT2D eigenvalue weighted by molar-refractivity contribution is -0.694. The third-order valence-electron chi connectivity index (χ3n) is 8.02. The SMILES string of the molecule is C[n+]1ccc(-c2cc[n+](CCNC(=O)c3ccnc(-c4cc(C(=O)NCC[n+]5ccc(-c6cc[n+](C)cc6)cc5)ccn4)c3)cc2)cc1. The van der Waals surface area contributed by atoms with E-state index >= 15 is 0 Å². The summed E-state index contributed by atoms with van der Waals surface area (Å²) in [6.07, 6.45) is 19.3. The van der Waals surface area contributed by atoms with Gasteiger partial charge in [-0.2, -0.15) is 0 Å². The zero-order valence-corrected chi connectivity index (χ0v) is 27.0. The highest BCUT2D eigenvalue weighted by Gasteiger charge is 2.13. The van der Waals surface area contributed by atoms with E-state index in [1.807, 2.05) is 81.9 Å². The molecule has 48 heavy (non-hydrogen) atoms. The van der Waals surface area contributed by atoms with Gasteiger partial charge in [0.15, 0.2) is 62.7 Å². The molecule has 6 heterocycles. The molecule has 0 atom stereocenters. The zero-order valence-electron chi connectivity index (χ0n) is 27.0. The van der Waals surface area contributed by atoms with Crippen molar-refractivity contribution in [2.75, 3.05) is 13.1 Å². The normalized spacial score (nSPS) is 10.8. The Hall–Kier alpha value is -6.16. The van der Waals surface area contributed by atoms with Gasteiger partial charge in [0, 0.05) is 72.1 Å². The van der Waals surface area contributed by atoms with Gasteiger partial charge in [0.25, 0.3) is 11.8 Å². The highest BCUT2D eigenvalue weighted by molar-refractivity contribution is 5.96. The maximum Gasteiger partial charge on any atom is 0.251 e. The third-order valence-corrected chi connectivity index (χ3v) is 8.02. The first-order valence-corrected chi connectivity index (χ1v) is 15.8. The molecule has 0 aliphatic carbocycles. The first-order chi connectivity index (χ1) is 23.4. The van der Waals surface area contributed by atoms with Gasteiger partial charge >= 0.3 is 0 Å². The second-order valence-corrected chi connectivity index (χ2v) is 11.5. The fraction of sp³-hybridized carbons (Fsp3) is 0.158. The standard InChI is InChI=1S/C38H36N8O2/c1-43-17-5-29(6-18-43)31-9-21-45(22-10-31)25-15-41-37(47)33-3-13-39-35(27-33)36-28-34(4-14-40-36)38(48)42-16-26-46-23-11-32(12-24-46)30-7-19-44(2)20-8-30/h3-14,17-24,27-28H,15-16,25-26H2,1-2H3/q+2/p+2. The zero-order chi connectivity index (χ0) is 33.3. The van der Waals surface area contributed by atoms with E-state index in [2.05, 4.69) is 69.1 Å². The number of nitrogens with one attached hydrogen (secondary N) is 2. The van der Waals surface area contributed by atoms with Crippen LogP contribution in [0.15, 0.2) is 135 Å². The smallest absolute Gasteiger partial charge is 0.251 e. The van der Waals surface area contributed by atoms with Crippen molar-refractivity contribution in [2.24, 2.45) is 14.1 Å². The minimum absolute atomic E-state index is 0.203. The molecule has 0 unspecified atom stereocenters. The van der Waals surface area contributed by atoms with E-state index < -0.39 is 0 Å². The molecule has 6 aromatic rings. The van der Waals surface area contributed by atoms with Crippen LogP contribution in [0.3, 0.4) is 0 Å². The molecular formula is C38H38N8O2+4. The van der Waals surface area contributed by atoms with Crippen molar-refractivity contribution < 1.29 is 27.9 Å². The second kappa shape index (κ2) is 15.0. The quantitative estimate of drug-likeness (QED) is 0.213. The first-order valence-electron chi connectivity index (χ1n) is 15.8. The molecule has 6 aromatic heterocycles. The summed E-state index contributed by atoms with van der Waals surface area (Å²) >= 11 is 0. The van der Waals surface area contributed by atoms with E-state index in [9.17, 15) is 9.59 Å². The summed E-state index contributed by atoms with van der Waals surface area (Å²) in [5.41, 5.74) is 6.54. The highest BCUT2D eigenvalue weighted by atomic mass is 16.2. The molecule has 0 fully saturated rings. The minimum atomic E-state index is -0.203. The molecule has 10 nitrogen and oxygen atoms in total.